The summed E-state index contributed by atoms with van der Waals surface area (Å²) in [7, 11) is 0. The highest BCUT2D eigenvalue weighted by molar-refractivity contribution is 5.12. The molecule has 0 aliphatic carbocycles. The predicted octanol–water partition coefficient (Wildman–Crippen LogP) is 3.55. The number of allylic oxidation sites excluding steroid dienone is 3. The first-order valence-corrected chi connectivity index (χ1v) is 3.65. The fraction of sp³-hybridized carbons (Fsp3) is 0.556. The van der Waals surface area contributed by atoms with Gasteiger partial charge in [0.25, 0.3) is 6.43 Å². The maximum Gasteiger partial charge on any atom is 0.259 e. The van der Waals surface area contributed by atoms with E-state index in [0.717, 1.165) is 12.0 Å². The Kier molecular flexibility index (Phi) is 4.75. The highest BCUT2D eigenvalue weighted by Crippen LogP contribution is 2.16. The van der Waals surface area contributed by atoms with Gasteiger partial charge in [0, 0.05) is 0 Å². The van der Waals surface area contributed by atoms with Gasteiger partial charge in [-0.15, -0.1) is 6.58 Å². The standard InChI is InChI=1S/C9H14F2/c1-4-5-6-7(2)8(3)9(10)11/h4,9H,1,5-6H2,2-3H3/b8-7+. The maximum atomic E-state index is 12.0. The van der Waals surface area contributed by atoms with Crippen molar-refractivity contribution >= 4 is 0 Å². The summed E-state index contributed by atoms with van der Waals surface area (Å²) in [6.07, 6.45) is 0.900. The Morgan fingerprint density at radius 1 is 1.45 bits per heavy atom. The van der Waals surface area contributed by atoms with E-state index in [4.69, 9.17) is 0 Å². The fourth-order valence-electron chi connectivity index (χ4n) is 0.702. The Morgan fingerprint density at radius 3 is 2.36 bits per heavy atom. The Balaban J connectivity index is 4.04. The van der Waals surface area contributed by atoms with E-state index in [-0.39, 0.29) is 5.57 Å². The van der Waals surface area contributed by atoms with Crippen molar-refractivity contribution in [2.75, 3.05) is 0 Å². The van der Waals surface area contributed by atoms with Gasteiger partial charge in [0.15, 0.2) is 0 Å². The first-order chi connectivity index (χ1) is 5.09. The van der Waals surface area contributed by atoms with Gasteiger partial charge in [-0.05, 0) is 32.3 Å². The molecule has 0 nitrogen and oxygen atoms in total. The molecule has 0 aromatic carbocycles. The molecule has 0 heterocycles. The summed E-state index contributed by atoms with van der Waals surface area (Å²) in [4.78, 5) is 0. The second kappa shape index (κ2) is 5.05. The van der Waals surface area contributed by atoms with E-state index in [9.17, 15) is 8.78 Å². The molecule has 0 saturated carbocycles. The van der Waals surface area contributed by atoms with Gasteiger partial charge in [0.05, 0.1) is 0 Å². The summed E-state index contributed by atoms with van der Waals surface area (Å²) >= 11 is 0. The van der Waals surface area contributed by atoms with E-state index < -0.39 is 6.43 Å². The lowest BCUT2D eigenvalue weighted by Gasteiger charge is -2.04. The van der Waals surface area contributed by atoms with Gasteiger partial charge in [-0.1, -0.05) is 11.6 Å². The van der Waals surface area contributed by atoms with Crippen LogP contribution in [-0.4, -0.2) is 6.43 Å². The molecule has 0 rings (SSSR count). The van der Waals surface area contributed by atoms with E-state index in [0.29, 0.717) is 6.42 Å². The number of halogens is 2. The van der Waals surface area contributed by atoms with Crippen LogP contribution in [0.15, 0.2) is 23.8 Å². The van der Waals surface area contributed by atoms with E-state index >= 15 is 0 Å². The fourth-order valence-corrected chi connectivity index (χ4v) is 0.702. The largest absolute Gasteiger partial charge is 0.259 e. The molecule has 0 unspecified atom stereocenters. The van der Waals surface area contributed by atoms with Crippen LogP contribution < -0.4 is 0 Å². The minimum Gasteiger partial charge on any atom is -0.205 e. The molecular formula is C9H14F2. The van der Waals surface area contributed by atoms with Crippen molar-refractivity contribution in [3.8, 4) is 0 Å². The molecule has 0 N–H and O–H groups in total. The van der Waals surface area contributed by atoms with E-state index in [1.165, 1.54) is 6.92 Å². The van der Waals surface area contributed by atoms with Crippen molar-refractivity contribution in [2.45, 2.75) is 33.1 Å². The minimum absolute atomic E-state index is 0.201. The van der Waals surface area contributed by atoms with Gasteiger partial charge in [-0.2, -0.15) is 0 Å². The number of hydrogen-bond donors (Lipinski definition) is 0. The van der Waals surface area contributed by atoms with Gasteiger partial charge in [0.1, 0.15) is 0 Å². The summed E-state index contributed by atoms with van der Waals surface area (Å²) in [6, 6.07) is 0. The summed E-state index contributed by atoms with van der Waals surface area (Å²) in [5, 5.41) is 0. The second-order valence-electron chi connectivity index (χ2n) is 2.59. The van der Waals surface area contributed by atoms with Crippen LogP contribution in [0.2, 0.25) is 0 Å². The molecule has 0 saturated heterocycles. The summed E-state index contributed by atoms with van der Waals surface area (Å²) < 4.78 is 24.0. The molecule has 0 aliphatic heterocycles. The van der Waals surface area contributed by atoms with Crippen molar-refractivity contribution in [1.29, 1.82) is 0 Å². The lowest BCUT2D eigenvalue weighted by atomic mass is 10.1. The molecule has 64 valence electrons. The van der Waals surface area contributed by atoms with Crippen LogP contribution in [0, 0.1) is 0 Å². The molecule has 0 bridgehead atoms. The molecule has 11 heavy (non-hydrogen) atoms. The van der Waals surface area contributed by atoms with Crippen LogP contribution in [0.5, 0.6) is 0 Å². The van der Waals surface area contributed by atoms with Crippen molar-refractivity contribution in [2.24, 2.45) is 0 Å². The van der Waals surface area contributed by atoms with Crippen molar-refractivity contribution in [1.82, 2.24) is 0 Å². The van der Waals surface area contributed by atoms with Crippen LogP contribution in [0.1, 0.15) is 26.7 Å². The summed E-state index contributed by atoms with van der Waals surface area (Å²) in [6.45, 7) is 6.74. The van der Waals surface area contributed by atoms with E-state index in [1.54, 1.807) is 13.0 Å². The second-order valence-corrected chi connectivity index (χ2v) is 2.59. The predicted molar refractivity (Wildman–Crippen MR) is 43.8 cm³/mol. The normalized spacial score (nSPS) is 13.2. The Labute approximate surface area is 66.6 Å². The third kappa shape index (κ3) is 3.91. The minimum atomic E-state index is -2.31. The van der Waals surface area contributed by atoms with Crippen LogP contribution in [0.25, 0.3) is 0 Å². The van der Waals surface area contributed by atoms with Crippen LogP contribution >= 0.6 is 0 Å². The van der Waals surface area contributed by atoms with Gasteiger partial charge in [-0.3, -0.25) is 0 Å². The summed E-state index contributed by atoms with van der Waals surface area (Å²) in [5.74, 6) is 0. The first-order valence-electron chi connectivity index (χ1n) is 3.65. The van der Waals surface area contributed by atoms with Gasteiger partial charge >= 0.3 is 0 Å². The van der Waals surface area contributed by atoms with E-state index in [1.807, 2.05) is 0 Å². The highest BCUT2D eigenvalue weighted by Gasteiger charge is 2.07. The molecule has 2 heteroatoms. The smallest absolute Gasteiger partial charge is 0.205 e. The molecule has 0 fully saturated rings. The molecule has 0 amide bonds. The monoisotopic (exact) mass is 160 g/mol. The van der Waals surface area contributed by atoms with E-state index in [2.05, 4.69) is 6.58 Å². The zero-order chi connectivity index (χ0) is 8.85. The van der Waals surface area contributed by atoms with Crippen molar-refractivity contribution in [3.63, 3.8) is 0 Å². The van der Waals surface area contributed by atoms with Gasteiger partial charge in [0.2, 0.25) is 0 Å². The molecule has 0 radical (unpaired) electrons. The Bertz CT molecular complexity index is 157. The average Bonchev–Trinajstić information content (AvgIpc) is 1.98. The van der Waals surface area contributed by atoms with Crippen molar-refractivity contribution < 1.29 is 8.78 Å². The lowest BCUT2D eigenvalue weighted by Crippen LogP contribution is -1.95. The lowest BCUT2D eigenvalue weighted by molar-refractivity contribution is 0.188. The quantitative estimate of drug-likeness (QED) is 0.551. The highest BCUT2D eigenvalue weighted by atomic mass is 19.3. The number of alkyl halides is 2. The topological polar surface area (TPSA) is 0 Å². The summed E-state index contributed by atoms with van der Waals surface area (Å²) in [5.41, 5.74) is 0.978. The number of rotatable bonds is 4. The SMILES string of the molecule is C=CCC/C(C)=C(\C)C(F)F. The van der Waals surface area contributed by atoms with Gasteiger partial charge < -0.3 is 0 Å². The molecule has 0 aromatic heterocycles. The van der Waals surface area contributed by atoms with Gasteiger partial charge in [-0.25, -0.2) is 8.78 Å². The zero-order valence-corrected chi connectivity index (χ0v) is 7.03. The van der Waals surface area contributed by atoms with Crippen molar-refractivity contribution in [3.05, 3.63) is 23.8 Å². The Hall–Kier alpha value is -0.660. The van der Waals surface area contributed by atoms with Crippen LogP contribution in [0.3, 0.4) is 0 Å². The number of hydrogen-bond acceptors (Lipinski definition) is 0. The average molecular weight is 160 g/mol. The molecular weight excluding hydrogens is 146 g/mol. The van der Waals surface area contributed by atoms with Crippen LogP contribution in [0.4, 0.5) is 8.78 Å². The molecule has 0 atom stereocenters. The third-order valence-electron chi connectivity index (χ3n) is 1.72. The maximum absolute atomic E-state index is 12.0. The first kappa shape index (κ1) is 10.3. The molecule has 0 aliphatic rings. The zero-order valence-electron chi connectivity index (χ0n) is 7.03. The Morgan fingerprint density at radius 2 is 2.00 bits per heavy atom. The molecule has 0 spiro atoms. The molecule has 0 aromatic rings. The van der Waals surface area contributed by atoms with Crippen LogP contribution in [-0.2, 0) is 0 Å². The third-order valence-corrected chi connectivity index (χ3v) is 1.72.